The summed E-state index contributed by atoms with van der Waals surface area (Å²) in [5.74, 6) is 1.25. The van der Waals surface area contributed by atoms with Crippen LogP contribution in [0.4, 0.5) is 10.5 Å². The molecule has 0 unspecified atom stereocenters. The fraction of sp³-hybridized carbons (Fsp3) is 0.488. The van der Waals surface area contributed by atoms with Crippen LogP contribution in [-0.4, -0.2) is 75.7 Å². The Balaban J connectivity index is 1.06. The van der Waals surface area contributed by atoms with Crippen LogP contribution in [0.25, 0.3) is 17.3 Å². The molecule has 3 aliphatic rings. The number of aromatic nitrogens is 2. The minimum Gasteiger partial charge on any atom is -0.453 e. The van der Waals surface area contributed by atoms with Crippen molar-refractivity contribution in [3.63, 3.8) is 0 Å². The summed E-state index contributed by atoms with van der Waals surface area (Å²) in [7, 11) is 1.31. The van der Waals surface area contributed by atoms with Crippen molar-refractivity contribution in [2.75, 3.05) is 20.2 Å². The number of aliphatic imine (C=N–C) groups is 1. The van der Waals surface area contributed by atoms with Crippen molar-refractivity contribution >= 4 is 35.4 Å². The van der Waals surface area contributed by atoms with E-state index in [4.69, 9.17) is 14.7 Å². The summed E-state index contributed by atoms with van der Waals surface area (Å²) in [6.07, 6.45) is 10.8. The number of allylic oxidation sites excluding steroid dienone is 1. The summed E-state index contributed by atoms with van der Waals surface area (Å²) in [6, 6.07) is 14.2. The van der Waals surface area contributed by atoms with E-state index in [1.807, 2.05) is 36.8 Å². The fourth-order valence-corrected chi connectivity index (χ4v) is 7.44. The maximum atomic E-state index is 13.6. The Bertz CT molecular complexity index is 1790. The largest absolute Gasteiger partial charge is 0.453 e. The van der Waals surface area contributed by atoms with E-state index < -0.39 is 12.1 Å². The second kappa shape index (κ2) is 15.7. The smallest absolute Gasteiger partial charge is 0.407 e. The summed E-state index contributed by atoms with van der Waals surface area (Å²) in [5, 5.41) is 2.73. The van der Waals surface area contributed by atoms with Crippen molar-refractivity contribution in [3.05, 3.63) is 77.3 Å². The predicted octanol–water partition coefficient (Wildman–Crippen LogP) is 7.29. The molecule has 3 aliphatic heterocycles. The van der Waals surface area contributed by atoms with Gasteiger partial charge in [0.05, 0.1) is 36.8 Å². The number of nitrogens with zero attached hydrogens (tertiary/aromatic N) is 4. The molecule has 3 amide bonds. The number of likely N-dealkylation sites (tertiary alicyclic amines) is 2. The van der Waals surface area contributed by atoms with Crippen LogP contribution in [0.2, 0.25) is 0 Å². The first-order chi connectivity index (χ1) is 24.5. The van der Waals surface area contributed by atoms with Gasteiger partial charge in [0.2, 0.25) is 11.8 Å². The maximum Gasteiger partial charge on any atom is 0.407 e. The van der Waals surface area contributed by atoms with Crippen LogP contribution < -0.4 is 5.32 Å². The molecule has 10 nitrogen and oxygen atoms in total. The average Bonchev–Trinajstić information content (AvgIpc) is 3.95. The van der Waals surface area contributed by atoms with E-state index in [0.717, 1.165) is 79.1 Å². The summed E-state index contributed by atoms with van der Waals surface area (Å²) >= 11 is 0. The van der Waals surface area contributed by atoms with Crippen LogP contribution in [0.3, 0.4) is 0 Å². The van der Waals surface area contributed by atoms with E-state index in [1.165, 1.54) is 18.2 Å². The highest BCUT2D eigenvalue weighted by molar-refractivity contribution is 6.01. The molecule has 0 spiro atoms. The third-order valence-corrected chi connectivity index (χ3v) is 10.8. The third kappa shape index (κ3) is 7.95. The van der Waals surface area contributed by atoms with Crippen LogP contribution in [0.5, 0.6) is 0 Å². The first-order valence-corrected chi connectivity index (χ1v) is 18.5. The molecule has 2 saturated heterocycles. The molecule has 2 aromatic carbocycles. The number of carbonyl (C=O) groups excluding carboxylic acids is 3. The molecule has 2 fully saturated rings. The van der Waals surface area contributed by atoms with Crippen molar-refractivity contribution in [1.29, 1.82) is 0 Å². The van der Waals surface area contributed by atoms with Gasteiger partial charge in [-0.1, -0.05) is 83.2 Å². The number of amides is 3. The number of imidazole rings is 1. The normalized spacial score (nSPS) is 19.9. The predicted molar refractivity (Wildman–Crippen MR) is 201 cm³/mol. The van der Waals surface area contributed by atoms with Gasteiger partial charge in [0, 0.05) is 31.1 Å². The van der Waals surface area contributed by atoms with Crippen molar-refractivity contribution in [2.24, 2.45) is 22.7 Å². The number of hydrogen-bond acceptors (Lipinski definition) is 6. The van der Waals surface area contributed by atoms with Gasteiger partial charge in [0.1, 0.15) is 11.9 Å². The number of alkyl carbamates (subject to hydrolysis) is 1. The summed E-state index contributed by atoms with van der Waals surface area (Å²) in [5.41, 5.74) is 7.47. The van der Waals surface area contributed by atoms with Gasteiger partial charge in [-0.3, -0.25) is 14.6 Å². The molecular weight excluding hydrogens is 640 g/mol. The zero-order valence-corrected chi connectivity index (χ0v) is 30.8. The molecule has 51 heavy (non-hydrogen) atoms. The Morgan fingerprint density at radius 1 is 0.941 bits per heavy atom. The van der Waals surface area contributed by atoms with E-state index in [2.05, 4.69) is 78.8 Å². The van der Waals surface area contributed by atoms with E-state index in [-0.39, 0.29) is 35.7 Å². The second-order valence-electron chi connectivity index (χ2n) is 14.9. The topological polar surface area (TPSA) is 120 Å². The monoisotopic (exact) mass is 692 g/mol. The Kier molecular flexibility index (Phi) is 11.1. The minimum atomic E-state index is -0.641. The summed E-state index contributed by atoms with van der Waals surface area (Å²) < 4.78 is 4.77. The number of aromatic amines is 1. The summed E-state index contributed by atoms with van der Waals surface area (Å²) in [6.45, 7) is 11.5. The zero-order chi connectivity index (χ0) is 36.2. The molecule has 6 rings (SSSR count). The Morgan fingerprint density at radius 3 is 2.33 bits per heavy atom. The first-order valence-electron chi connectivity index (χ1n) is 18.5. The molecule has 0 bridgehead atoms. The van der Waals surface area contributed by atoms with Gasteiger partial charge in [-0.2, -0.15) is 0 Å². The van der Waals surface area contributed by atoms with Crippen molar-refractivity contribution in [1.82, 2.24) is 25.1 Å². The quantitative estimate of drug-likeness (QED) is 0.219. The van der Waals surface area contributed by atoms with Crippen LogP contribution in [0.15, 0.2) is 59.7 Å². The van der Waals surface area contributed by atoms with Crippen LogP contribution in [-0.2, 0) is 27.2 Å². The van der Waals surface area contributed by atoms with E-state index in [1.54, 1.807) is 0 Å². The van der Waals surface area contributed by atoms with Crippen LogP contribution >= 0.6 is 0 Å². The number of nitrogens with one attached hydrogen (secondary N) is 2. The maximum absolute atomic E-state index is 13.6. The van der Waals surface area contributed by atoms with Crippen molar-refractivity contribution < 1.29 is 19.1 Å². The summed E-state index contributed by atoms with van der Waals surface area (Å²) in [4.78, 5) is 55.7. The molecule has 270 valence electrons. The Labute approximate surface area is 301 Å². The molecule has 1 aromatic heterocycles. The lowest BCUT2D eigenvalue weighted by atomic mass is 9.96. The number of methoxy groups -OCH3 is 1. The number of fused-ring (bicyclic) bond motifs is 1. The van der Waals surface area contributed by atoms with Crippen molar-refractivity contribution in [2.45, 2.75) is 91.3 Å². The lowest BCUT2D eigenvalue weighted by Crippen LogP contribution is -2.53. The standard InChI is InChI=1S/C41H52N6O4/c1-25(2)27(5)39(48)47-21-9-13-36(47)38-42-24-34(44-38)30-17-14-28(15-18-30)10-7-11-29-16-19-31-23-33(43-32(31)22-29)35-12-8-20-46(35)40(49)37(26(3)4)45-41(50)51-6/h7,11,14-19,22,24-27,35-37H,8-10,12-13,20-21,23H2,1-6H3,(H,42,44)(H,45,50)/t27-,35-,36-,37-/m0/s1. The minimum absolute atomic E-state index is 0.000144. The Hall–Kier alpha value is -4.73. The van der Waals surface area contributed by atoms with Gasteiger partial charge in [0.25, 0.3) is 0 Å². The highest BCUT2D eigenvalue weighted by Crippen LogP contribution is 2.35. The van der Waals surface area contributed by atoms with E-state index >= 15 is 0 Å². The Morgan fingerprint density at radius 2 is 1.65 bits per heavy atom. The molecular formula is C41H52N6O4. The lowest BCUT2D eigenvalue weighted by molar-refractivity contribution is -0.137. The fourth-order valence-electron chi connectivity index (χ4n) is 7.44. The molecule has 0 radical (unpaired) electrons. The van der Waals surface area contributed by atoms with Crippen LogP contribution in [0.1, 0.15) is 88.9 Å². The second-order valence-corrected chi connectivity index (χ2v) is 14.9. The van der Waals surface area contributed by atoms with Gasteiger partial charge < -0.3 is 24.8 Å². The molecule has 3 aromatic rings. The number of benzene rings is 2. The van der Waals surface area contributed by atoms with Gasteiger partial charge in [-0.15, -0.1) is 0 Å². The third-order valence-electron chi connectivity index (χ3n) is 10.8. The lowest BCUT2D eigenvalue weighted by Gasteiger charge is -2.30. The molecule has 4 atom stereocenters. The number of hydrogen-bond donors (Lipinski definition) is 2. The van der Waals surface area contributed by atoms with Gasteiger partial charge >= 0.3 is 6.09 Å². The highest BCUT2D eigenvalue weighted by atomic mass is 16.5. The van der Waals surface area contributed by atoms with E-state index in [9.17, 15) is 14.4 Å². The number of ether oxygens (including phenoxy) is 1. The van der Waals surface area contributed by atoms with Crippen LogP contribution in [0, 0.1) is 17.8 Å². The number of carbonyl (C=O) groups is 3. The zero-order valence-electron chi connectivity index (χ0n) is 30.8. The van der Waals surface area contributed by atoms with Crippen molar-refractivity contribution in [3.8, 4) is 11.3 Å². The highest BCUT2D eigenvalue weighted by Gasteiger charge is 2.39. The SMILES string of the molecule is COC(=O)N[C@H](C(=O)N1CCC[C@H]1C1=Nc2cc(C=CCc3ccc(-c4cnc([C@@H]5CCCN5C(=O)[C@@H](C)C(C)C)[nH]4)cc3)ccc2C1)C(C)C. The molecule has 4 heterocycles. The number of rotatable bonds is 11. The van der Waals surface area contributed by atoms with E-state index in [0.29, 0.717) is 12.5 Å². The first kappa shape index (κ1) is 36.1. The molecule has 0 saturated carbocycles. The average molecular weight is 693 g/mol. The molecule has 2 N–H and O–H groups in total. The molecule has 10 heteroatoms. The van der Waals surface area contributed by atoms with Gasteiger partial charge in [-0.05, 0) is 72.3 Å². The van der Waals surface area contributed by atoms with Gasteiger partial charge in [-0.25, -0.2) is 9.78 Å². The molecule has 0 aliphatic carbocycles. The number of H-pyrrole nitrogens is 1. The van der Waals surface area contributed by atoms with Gasteiger partial charge in [0.15, 0.2) is 0 Å².